The summed E-state index contributed by atoms with van der Waals surface area (Å²) in [7, 11) is 0. The Morgan fingerprint density at radius 1 is 1.18 bits per heavy atom. The highest BCUT2D eigenvalue weighted by Crippen LogP contribution is 2.31. The molecule has 0 aliphatic heterocycles. The van der Waals surface area contributed by atoms with Crippen LogP contribution < -0.4 is 0 Å². The van der Waals surface area contributed by atoms with E-state index in [1.807, 2.05) is 25.1 Å². The van der Waals surface area contributed by atoms with Crippen LogP contribution in [0, 0.1) is 11.6 Å². The van der Waals surface area contributed by atoms with Crippen molar-refractivity contribution in [1.29, 1.82) is 0 Å². The first-order valence-electron chi connectivity index (χ1n) is 6.63. The fourth-order valence-corrected chi connectivity index (χ4v) is 2.97. The second-order valence-electron chi connectivity index (χ2n) is 5.06. The van der Waals surface area contributed by atoms with Gasteiger partial charge in [-0.2, -0.15) is 0 Å². The molecule has 3 rings (SSSR count). The van der Waals surface area contributed by atoms with Gasteiger partial charge in [-0.15, -0.1) is 0 Å². The highest BCUT2D eigenvalue weighted by Gasteiger charge is 2.18. The summed E-state index contributed by atoms with van der Waals surface area (Å²) in [4.78, 5) is 15.7. The standard InChI is InChI=1S/C17H12BrNO2S/c1-9-2-4-10(5-3-9)15(20)14-16(21)12-8-11(18)6-7-13(12)19-17(14)22/h2-8H,1H3,(H2,19,21,22). The van der Waals surface area contributed by atoms with Gasteiger partial charge in [0.15, 0.2) is 5.78 Å². The molecule has 0 atom stereocenters. The third kappa shape index (κ3) is 2.58. The number of rotatable bonds is 2. The summed E-state index contributed by atoms with van der Waals surface area (Å²) in [5, 5.41) is 11.1. The molecule has 0 amide bonds. The highest BCUT2D eigenvalue weighted by molar-refractivity contribution is 9.10. The number of carbonyl (C=O) groups is 1. The molecule has 0 unspecified atom stereocenters. The van der Waals surface area contributed by atoms with Crippen molar-refractivity contribution in [2.45, 2.75) is 6.92 Å². The molecule has 0 bridgehead atoms. The third-order valence-electron chi connectivity index (χ3n) is 3.49. The Morgan fingerprint density at radius 3 is 2.55 bits per heavy atom. The number of aromatic hydroxyl groups is 1. The van der Waals surface area contributed by atoms with E-state index in [4.69, 9.17) is 12.2 Å². The number of pyridine rings is 1. The number of aromatic nitrogens is 1. The lowest BCUT2D eigenvalue weighted by Gasteiger charge is -2.09. The number of nitrogens with one attached hydrogen (secondary N) is 1. The Labute approximate surface area is 140 Å². The zero-order valence-corrected chi connectivity index (χ0v) is 14.1. The molecule has 0 aliphatic rings. The molecule has 110 valence electrons. The van der Waals surface area contributed by atoms with E-state index in [0.29, 0.717) is 16.5 Å². The number of carbonyl (C=O) groups excluding carboxylic acids is 1. The fraction of sp³-hybridized carbons (Fsp3) is 0.0588. The Balaban J connectivity index is 2.24. The number of aryl methyl sites for hydroxylation is 1. The van der Waals surface area contributed by atoms with Gasteiger partial charge < -0.3 is 10.1 Å². The van der Waals surface area contributed by atoms with E-state index in [1.165, 1.54) is 0 Å². The first-order chi connectivity index (χ1) is 10.5. The van der Waals surface area contributed by atoms with Gasteiger partial charge >= 0.3 is 0 Å². The van der Waals surface area contributed by atoms with Gasteiger partial charge in [-0.05, 0) is 25.1 Å². The lowest BCUT2D eigenvalue weighted by Crippen LogP contribution is -2.04. The number of halogens is 1. The summed E-state index contributed by atoms with van der Waals surface area (Å²) in [5.74, 6) is -0.383. The summed E-state index contributed by atoms with van der Waals surface area (Å²) in [6, 6.07) is 12.6. The summed E-state index contributed by atoms with van der Waals surface area (Å²) in [6.45, 7) is 1.95. The van der Waals surface area contributed by atoms with E-state index in [1.54, 1.807) is 24.3 Å². The predicted octanol–water partition coefficient (Wildman–Crippen LogP) is 4.90. The number of H-pyrrole nitrogens is 1. The molecule has 3 aromatic rings. The van der Waals surface area contributed by atoms with E-state index in [2.05, 4.69) is 20.9 Å². The van der Waals surface area contributed by atoms with E-state index in [9.17, 15) is 9.90 Å². The smallest absolute Gasteiger partial charge is 0.199 e. The van der Waals surface area contributed by atoms with E-state index in [0.717, 1.165) is 10.0 Å². The minimum atomic E-state index is -0.291. The van der Waals surface area contributed by atoms with Crippen molar-refractivity contribution in [3.8, 4) is 5.75 Å². The predicted molar refractivity (Wildman–Crippen MR) is 93.1 cm³/mol. The highest BCUT2D eigenvalue weighted by atomic mass is 79.9. The van der Waals surface area contributed by atoms with Crippen LogP contribution in [0.1, 0.15) is 21.5 Å². The van der Waals surface area contributed by atoms with Crippen LogP contribution in [0.3, 0.4) is 0 Å². The van der Waals surface area contributed by atoms with Gasteiger partial charge in [0.25, 0.3) is 0 Å². The number of hydrogen-bond donors (Lipinski definition) is 2. The van der Waals surface area contributed by atoms with Crippen molar-refractivity contribution in [3.05, 3.63) is 68.3 Å². The Bertz CT molecular complexity index is 945. The monoisotopic (exact) mass is 373 g/mol. The molecule has 1 aromatic heterocycles. The first-order valence-corrected chi connectivity index (χ1v) is 7.83. The number of hydrogen-bond acceptors (Lipinski definition) is 3. The molecule has 0 fully saturated rings. The Morgan fingerprint density at radius 2 is 1.86 bits per heavy atom. The average molecular weight is 374 g/mol. The quantitative estimate of drug-likeness (QED) is 0.495. The van der Waals surface area contributed by atoms with Crippen molar-refractivity contribution in [2.75, 3.05) is 0 Å². The number of benzene rings is 2. The molecule has 0 saturated carbocycles. The van der Waals surface area contributed by atoms with Crippen molar-refractivity contribution in [1.82, 2.24) is 4.98 Å². The zero-order chi connectivity index (χ0) is 15.9. The maximum Gasteiger partial charge on any atom is 0.199 e. The van der Waals surface area contributed by atoms with E-state index in [-0.39, 0.29) is 21.7 Å². The van der Waals surface area contributed by atoms with Gasteiger partial charge in [0, 0.05) is 15.4 Å². The zero-order valence-electron chi connectivity index (χ0n) is 11.7. The fourth-order valence-electron chi connectivity index (χ4n) is 2.31. The van der Waals surface area contributed by atoms with Gasteiger partial charge in [-0.3, -0.25) is 4.79 Å². The third-order valence-corrected chi connectivity index (χ3v) is 4.29. The van der Waals surface area contributed by atoms with Crippen LogP contribution in [0.4, 0.5) is 0 Å². The first kappa shape index (κ1) is 14.9. The number of ketones is 1. The molecular formula is C17H12BrNO2S. The normalized spacial score (nSPS) is 10.8. The second-order valence-corrected chi connectivity index (χ2v) is 6.39. The van der Waals surface area contributed by atoms with E-state index < -0.39 is 0 Å². The summed E-state index contributed by atoms with van der Waals surface area (Å²) < 4.78 is 1.05. The van der Waals surface area contributed by atoms with Gasteiger partial charge in [0.1, 0.15) is 10.4 Å². The van der Waals surface area contributed by atoms with Crippen LogP contribution in [0.25, 0.3) is 10.9 Å². The second kappa shape index (κ2) is 5.66. The maximum atomic E-state index is 12.7. The Kier molecular flexibility index (Phi) is 3.85. The summed E-state index contributed by atoms with van der Waals surface area (Å²) in [5.41, 5.74) is 2.37. The Hall–Kier alpha value is -1.98. The summed E-state index contributed by atoms with van der Waals surface area (Å²) >= 11 is 8.62. The maximum absolute atomic E-state index is 12.7. The number of fused-ring (bicyclic) bond motifs is 1. The molecule has 5 heteroatoms. The molecule has 0 aliphatic carbocycles. The minimum Gasteiger partial charge on any atom is -0.506 e. The van der Waals surface area contributed by atoms with E-state index >= 15 is 0 Å². The molecule has 1 heterocycles. The largest absolute Gasteiger partial charge is 0.506 e. The molecule has 3 nitrogen and oxygen atoms in total. The molecule has 22 heavy (non-hydrogen) atoms. The van der Waals surface area contributed by atoms with Crippen LogP contribution in [-0.4, -0.2) is 15.9 Å². The van der Waals surface area contributed by atoms with Crippen molar-refractivity contribution in [2.24, 2.45) is 0 Å². The van der Waals surface area contributed by atoms with Gasteiger partial charge in [-0.25, -0.2) is 0 Å². The lowest BCUT2D eigenvalue weighted by atomic mass is 10.0. The topological polar surface area (TPSA) is 53.1 Å². The van der Waals surface area contributed by atoms with Crippen LogP contribution in [0.5, 0.6) is 5.75 Å². The van der Waals surface area contributed by atoms with Crippen LogP contribution >= 0.6 is 28.1 Å². The van der Waals surface area contributed by atoms with Crippen molar-refractivity contribution < 1.29 is 9.90 Å². The molecule has 0 spiro atoms. The van der Waals surface area contributed by atoms with Gasteiger partial charge in [0.2, 0.25) is 0 Å². The average Bonchev–Trinajstić information content (AvgIpc) is 2.49. The van der Waals surface area contributed by atoms with Gasteiger partial charge in [0.05, 0.1) is 11.1 Å². The van der Waals surface area contributed by atoms with Crippen molar-refractivity contribution >= 4 is 44.8 Å². The van der Waals surface area contributed by atoms with Crippen LogP contribution in [0.2, 0.25) is 0 Å². The molecular weight excluding hydrogens is 362 g/mol. The van der Waals surface area contributed by atoms with Gasteiger partial charge in [-0.1, -0.05) is 58.0 Å². The van der Waals surface area contributed by atoms with Crippen molar-refractivity contribution in [3.63, 3.8) is 0 Å². The van der Waals surface area contributed by atoms with Crippen LogP contribution in [0.15, 0.2) is 46.9 Å². The summed E-state index contributed by atoms with van der Waals surface area (Å²) in [6.07, 6.45) is 0. The molecule has 2 N–H and O–H groups in total. The lowest BCUT2D eigenvalue weighted by molar-refractivity contribution is 0.103. The van der Waals surface area contributed by atoms with Crippen LogP contribution in [-0.2, 0) is 0 Å². The molecule has 0 radical (unpaired) electrons. The number of aromatic amines is 1. The molecule has 2 aromatic carbocycles. The minimum absolute atomic E-state index is 0.0920. The SMILES string of the molecule is Cc1ccc(C(=O)c2c(O)c3cc(Br)ccc3[nH]c2=S)cc1. The molecule has 0 saturated heterocycles.